The molecule has 1 fully saturated rings. The number of anilines is 4. The quantitative estimate of drug-likeness (QED) is 0.437. The first-order valence-corrected chi connectivity index (χ1v) is 13.2. The van der Waals surface area contributed by atoms with Gasteiger partial charge in [-0.1, -0.05) is 23.7 Å². The zero-order valence-corrected chi connectivity index (χ0v) is 22.7. The molecule has 2 N–H and O–H groups in total. The van der Waals surface area contributed by atoms with Gasteiger partial charge in [-0.2, -0.15) is 4.98 Å². The Morgan fingerprint density at radius 1 is 1.08 bits per heavy atom. The standard InChI is InChI=1S/C28H33ClN6O3/c1-28(2,3)38-27(36)35-10-8-34(9-11-35)18-20-13-19-7-12-37-23-6-4-5-21(16-23)31-25-24(29)17-30-26(33-25)32-22(14-19)15-20/h4-6,13-17H,7-12,18H2,1-3H3,(H2,30,31,32,33). The number of halogens is 1. The van der Waals surface area contributed by atoms with E-state index < -0.39 is 5.60 Å². The number of aromatic nitrogens is 2. The molecule has 0 spiro atoms. The highest BCUT2D eigenvalue weighted by Crippen LogP contribution is 2.28. The monoisotopic (exact) mass is 536 g/mol. The molecule has 0 saturated carbocycles. The summed E-state index contributed by atoms with van der Waals surface area (Å²) in [6.45, 7) is 9.82. The van der Waals surface area contributed by atoms with E-state index in [-0.39, 0.29) is 6.09 Å². The number of hydrogen-bond donors (Lipinski definition) is 2. The average molecular weight is 537 g/mol. The molecule has 0 aliphatic carbocycles. The van der Waals surface area contributed by atoms with E-state index in [9.17, 15) is 4.79 Å². The van der Waals surface area contributed by atoms with Crippen molar-refractivity contribution in [2.45, 2.75) is 39.3 Å². The lowest BCUT2D eigenvalue weighted by Gasteiger charge is -2.35. The second-order valence-corrected chi connectivity index (χ2v) is 11.0. The molecule has 1 amide bonds. The maximum absolute atomic E-state index is 12.4. The molecule has 200 valence electrons. The number of nitrogens with zero attached hydrogens (tertiary/aromatic N) is 4. The number of piperazine rings is 1. The van der Waals surface area contributed by atoms with Crippen LogP contribution in [-0.2, 0) is 17.7 Å². The van der Waals surface area contributed by atoms with Gasteiger partial charge in [-0.15, -0.1) is 0 Å². The molecule has 0 atom stereocenters. The molecule has 5 rings (SSSR count). The highest BCUT2D eigenvalue weighted by Gasteiger charge is 2.26. The minimum absolute atomic E-state index is 0.249. The molecular formula is C28H33ClN6O3. The van der Waals surface area contributed by atoms with Crippen molar-refractivity contribution >= 4 is 40.8 Å². The summed E-state index contributed by atoms with van der Waals surface area (Å²) in [6.07, 6.45) is 2.08. The van der Waals surface area contributed by atoms with Gasteiger partial charge in [-0.3, -0.25) is 4.90 Å². The van der Waals surface area contributed by atoms with Crippen LogP contribution in [0, 0.1) is 0 Å². The molecule has 6 bridgehead atoms. The Bertz CT molecular complexity index is 1300. The highest BCUT2D eigenvalue weighted by atomic mass is 35.5. The van der Waals surface area contributed by atoms with Crippen LogP contribution in [0.3, 0.4) is 0 Å². The number of benzene rings is 2. The van der Waals surface area contributed by atoms with Crippen LogP contribution >= 0.6 is 11.6 Å². The third-order valence-electron chi connectivity index (χ3n) is 6.24. The van der Waals surface area contributed by atoms with Crippen LogP contribution in [0.15, 0.2) is 48.7 Å². The van der Waals surface area contributed by atoms with Crippen LogP contribution in [0.25, 0.3) is 0 Å². The topological polar surface area (TPSA) is 91.9 Å². The summed E-state index contributed by atoms with van der Waals surface area (Å²) in [4.78, 5) is 25.5. The van der Waals surface area contributed by atoms with Crippen molar-refractivity contribution in [3.8, 4) is 5.75 Å². The first kappa shape index (κ1) is 26.1. The van der Waals surface area contributed by atoms with Gasteiger partial charge in [0.05, 0.1) is 12.8 Å². The van der Waals surface area contributed by atoms with Gasteiger partial charge >= 0.3 is 6.09 Å². The average Bonchev–Trinajstić information content (AvgIpc) is 2.85. The number of fused-ring (bicyclic) bond motifs is 6. The van der Waals surface area contributed by atoms with E-state index in [2.05, 4.69) is 43.7 Å². The van der Waals surface area contributed by atoms with Crippen LogP contribution < -0.4 is 15.4 Å². The molecule has 38 heavy (non-hydrogen) atoms. The van der Waals surface area contributed by atoms with Crippen LogP contribution in [0.2, 0.25) is 5.02 Å². The zero-order chi connectivity index (χ0) is 26.7. The van der Waals surface area contributed by atoms with E-state index in [1.807, 2.05) is 45.0 Å². The second-order valence-electron chi connectivity index (χ2n) is 10.5. The normalized spacial score (nSPS) is 15.9. The molecule has 3 aromatic rings. The summed E-state index contributed by atoms with van der Waals surface area (Å²) in [5, 5.41) is 7.02. The van der Waals surface area contributed by atoms with Crippen molar-refractivity contribution in [1.29, 1.82) is 0 Å². The summed E-state index contributed by atoms with van der Waals surface area (Å²) >= 11 is 6.37. The largest absolute Gasteiger partial charge is 0.493 e. The molecular weight excluding hydrogens is 504 g/mol. The molecule has 9 nitrogen and oxygen atoms in total. The second kappa shape index (κ2) is 11.0. The Labute approximate surface area is 228 Å². The van der Waals surface area contributed by atoms with Crippen molar-refractivity contribution in [2.75, 3.05) is 43.4 Å². The molecule has 0 unspecified atom stereocenters. The van der Waals surface area contributed by atoms with Gasteiger partial charge in [-0.05, 0) is 56.2 Å². The van der Waals surface area contributed by atoms with Crippen LogP contribution in [0.5, 0.6) is 5.75 Å². The maximum atomic E-state index is 12.4. The zero-order valence-electron chi connectivity index (χ0n) is 22.0. The molecule has 2 aliphatic heterocycles. The summed E-state index contributed by atoms with van der Waals surface area (Å²) in [5.41, 5.74) is 3.55. The maximum Gasteiger partial charge on any atom is 0.410 e. The minimum Gasteiger partial charge on any atom is -0.493 e. The van der Waals surface area contributed by atoms with Crippen LogP contribution in [0.4, 0.5) is 27.9 Å². The van der Waals surface area contributed by atoms with Gasteiger partial charge in [0.25, 0.3) is 0 Å². The smallest absolute Gasteiger partial charge is 0.410 e. The lowest BCUT2D eigenvalue weighted by atomic mass is 10.1. The SMILES string of the molecule is CC(C)(C)OC(=O)N1CCN(Cc2cc3cc(c2)Nc2ncc(Cl)c(n2)Nc2cccc(c2)OCC3)CC1. The molecule has 3 heterocycles. The van der Waals surface area contributed by atoms with Crippen molar-refractivity contribution in [3.05, 3.63) is 64.8 Å². The number of rotatable bonds is 2. The Morgan fingerprint density at radius 3 is 2.68 bits per heavy atom. The summed E-state index contributed by atoms with van der Waals surface area (Å²) in [7, 11) is 0. The van der Waals surface area contributed by atoms with Gasteiger partial charge in [0.1, 0.15) is 16.4 Å². The van der Waals surface area contributed by atoms with E-state index in [4.69, 9.17) is 21.1 Å². The number of carbonyl (C=O) groups is 1. The fraction of sp³-hybridized carbons (Fsp3) is 0.393. The third-order valence-corrected chi connectivity index (χ3v) is 6.52. The van der Waals surface area contributed by atoms with Crippen LogP contribution in [-0.4, -0.2) is 64.2 Å². The number of amides is 1. The Morgan fingerprint density at radius 2 is 1.89 bits per heavy atom. The van der Waals surface area contributed by atoms with E-state index in [1.165, 1.54) is 0 Å². The highest BCUT2D eigenvalue weighted by molar-refractivity contribution is 6.32. The summed E-state index contributed by atoms with van der Waals surface area (Å²) in [6, 6.07) is 14.2. The van der Waals surface area contributed by atoms with Gasteiger partial charge < -0.3 is 25.0 Å². The van der Waals surface area contributed by atoms with Gasteiger partial charge in [-0.25, -0.2) is 9.78 Å². The van der Waals surface area contributed by atoms with Crippen molar-refractivity contribution in [3.63, 3.8) is 0 Å². The molecule has 10 heteroatoms. The Balaban J connectivity index is 1.33. The lowest BCUT2D eigenvalue weighted by Crippen LogP contribution is -2.49. The van der Waals surface area contributed by atoms with E-state index in [0.717, 1.165) is 54.3 Å². The third kappa shape index (κ3) is 6.85. The molecule has 2 aliphatic rings. The fourth-order valence-electron chi connectivity index (χ4n) is 4.47. The van der Waals surface area contributed by atoms with Gasteiger partial charge in [0.15, 0.2) is 5.82 Å². The lowest BCUT2D eigenvalue weighted by molar-refractivity contribution is 0.0139. The predicted molar refractivity (Wildman–Crippen MR) is 149 cm³/mol. The van der Waals surface area contributed by atoms with Gasteiger partial charge in [0.2, 0.25) is 5.95 Å². The first-order chi connectivity index (χ1) is 18.2. The molecule has 0 radical (unpaired) electrons. The van der Waals surface area contributed by atoms with Crippen molar-refractivity contribution in [1.82, 2.24) is 19.8 Å². The number of carbonyl (C=O) groups excluding carboxylic acids is 1. The van der Waals surface area contributed by atoms with Gasteiger partial charge in [0, 0.05) is 56.6 Å². The Hall–Kier alpha value is -3.56. The molecule has 1 aromatic heterocycles. The number of ether oxygens (including phenoxy) is 2. The Kier molecular flexibility index (Phi) is 7.58. The molecule has 2 aromatic carbocycles. The predicted octanol–water partition coefficient (Wildman–Crippen LogP) is 5.60. The van der Waals surface area contributed by atoms with Crippen molar-refractivity contribution < 1.29 is 14.3 Å². The number of hydrogen-bond acceptors (Lipinski definition) is 8. The van der Waals surface area contributed by atoms with Crippen LogP contribution in [0.1, 0.15) is 31.9 Å². The van der Waals surface area contributed by atoms with E-state index in [0.29, 0.717) is 36.5 Å². The minimum atomic E-state index is -0.492. The van der Waals surface area contributed by atoms with E-state index in [1.54, 1.807) is 11.1 Å². The molecule has 1 saturated heterocycles. The van der Waals surface area contributed by atoms with Crippen molar-refractivity contribution in [2.24, 2.45) is 0 Å². The summed E-state index contributed by atoms with van der Waals surface area (Å²) in [5.74, 6) is 1.74. The van der Waals surface area contributed by atoms with E-state index >= 15 is 0 Å². The first-order valence-electron chi connectivity index (χ1n) is 12.8. The fourth-order valence-corrected chi connectivity index (χ4v) is 4.61. The number of nitrogens with one attached hydrogen (secondary N) is 2. The summed E-state index contributed by atoms with van der Waals surface area (Å²) < 4.78 is 11.6.